The van der Waals surface area contributed by atoms with Crippen molar-refractivity contribution >= 4 is 7.82 Å². The lowest BCUT2D eigenvalue weighted by Crippen LogP contribution is -2.06. The summed E-state index contributed by atoms with van der Waals surface area (Å²) in [5.74, 6) is 0.254. The van der Waals surface area contributed by atoms with E-state index in [9.17, 15) is 9.46 Å². The summed E-state index contributed by atoms with van der Waals surface area (Å²) in [4.78, 5) is 9.56. The quantitative estimate of drug-likeness (QED) is 0.287. The molecule has 0 rings (SSSR count). The third-order valence-electron chi connectivity index (χ3n) is 3.18. The zero-order valence-corrected chi connectivity index (χ0v) is 14.4. The molecule has 0 aliphatic rings. The highest BCUT2D eigenvalue weighted by atomic mass is 31.2. The van der Waals surface area contributed by atoms with Gasteiger partial charge in [-0.2, -0.15) is 0 Å². The van der Waals surface area contributed by atoms with Gasteiger partial charge in [0.2, 0.25) is 0 Å². The molecule has 0 saturated carbocycles. The number of unbranched alkanes of at least 4 members (excludes halogenated alkanes) is 4. The Kier molecular flexibility index (Phi) is 13.3. The molecule has 3 N–H and O–H groups in total. The average molecular weight is 321 g/mol. The molecule has 0 aliphatic heterocycles. The van der Waals surface area contributed by atoms with E-state index in [1.54, 1.807) is 0 Å². The number of phosphoric ester groups is 1. The van der Waals surface area contributed by atoms with Crippen LogP contribution in [0.5, 0.6) is 0 Å². The van der Waals surface area contributed by atoms with Crippen LogP contribution in [0, 0.1) is 5.92 Å². The molecular weight excluding hydrogens is 289 g/mol. The second kappa shape index (κ2) is 13.5. The summed E-state index contributed by atoms with van der Waals surface area (Å²) in [6.07, 6.45) is 11.0. The molecule has 6 heteroatoms. The molecule has 0 spiro atoms. The van der Waals surface area contributed by atoms with Crippen LogP contribution in [0.4, 0.5) is 0 Å². The maximum Gasteiger partial charge on any atom is 0.472 e. The molecule has 0 bridgehead atoms. The second-order valence-corrected chi connectivity index (χ2v) is 6.86. The van der Waals surface area contributed by atoms with Crippen LogP contribution < -0.4 is 5.73 Å². The first kappa shape index (κ1) is 20.8. The van der Waals surface area contributed by atoms with Crippen molar-refractivity contribution < 1.29 is 18.5 Å². The third kappa shape index (κ3) is 14.5. The zero-order valence-electron chi connectivity index (χ0n) is 13.5. The van der Waals surface area contributed by atoms with E-state index in [-0.39, 0.29) is 19.1 Å². The molecule has 2 unspecified atom stereocenters. The van der Waals surface area contributed by atoms with Gasteiger partial charge in [-0.3, -0.25) is 9.05 Å². The van der Waals surface area contributed by atoms with E-state index < -0.39 is 7.82 Å². The van der Waals surface area contributed by atoms with Gasteiger partial charge in [-0.05, 0) is 51.5 Å². The van der Waals surface area contributed by atoms with Gasteiger partial charge in [-0.25, -0.2) is 4.57 Å². The molecule has 0 aromatic heterocycles. The Labute approximate surface area is 129 Å². The van der Waals surface area contributed by atoms with Gasteiger partial charge >= 0.3 is 7.82 Å². The molecule has 0 aromatic rings. The van der Waals surface area contributed by atoms with Crippen LogP contribution in [0.15, 0.2) is 12.2 Å². The first-order valence-electron chi connectivity index (χ1n) is 7.95. The Morgan fingerprint density at radius 1 is 1.19 bits per heavy atom. The minimum atomic E-state index is -3.89. The summed E-state index contributed by atoms with van der Waals surface area (Å²) in [6.45, 7) is 5.23. The summed E-state index contributed by atoms with van der Waals surface area (Å²) in [5, 5.41) is 0. The van der Waals surface area contributed by atoms with Crippen LogP contribution in [-0.4, -0.2) is 24.7 Å². The third-order valence-corrected chi connectivity index (χ3v) is 4.16. The Morgan fingerprint density at radius 2 is 1.90 bits per heavy atom. The van der Waals surface area contributed by atoms with E-state index in [1.165, 1.54) is 0 Å². The fraction of sp³-hybridized carbons (Fsp3) is 0.867. The largest absolute Gasteiger partial charge is 0.472 e. The molecule has 0 radical (unpaired) electrons. The molecule has 0 aromatic carbocycles. The molecule has 0 amide bonds. The SMILES string of the molecule is CC=CCCCC(C)COP(=O)(O)OCCCCCCN. The smallest absolute Gasteiger partial charge is 0.330 e. The number of phosphoric acid groups is 1. The van der Waals surface area contributed by atoms with Gasteiger partial charge in [0.1, 0.15) is 0 Å². The first-order valence-corrected chi connectivity index (χ1v) is 9.44. The van der Waals surface area contributed by atoms with Gasteiger partial charge in [0.15, 0.2) is 0 Å². The molecule has 126 valence electrons. The van der Waals surface area contributed by atoms with Crippen molar-refractivity contribution in [2.24, 2.45) is 11.7 Å². The predicted molar refractivity (Wildman–Crippen MR) is 87.1 cm³/mol. The lowest BCUT2D eigenvalue weighted by Gasteiger charge is -2.15. The molecule has 5 nitrogen and oxygen atoms in total. The van der Waals surface area contributed by atoms with Gasteiger partial charge in [0.25, 0.3) is 0 Å². The molecule has 0 heterocycles. The van der Waals surface area contributed by atoms with Crippen molar-refractivity contribution in [3.05, 3.63) is 12.2 Å². The maximum atomic E-state index is 11.7. The summed E-state index contributed by atoms with van der Waals surface area (Å²) >= 11 is 0. The standard InChI is InChI=1S/C15H32NO4P/c1-3-4-5-8-11-15(2)14-20-21(17,18)19-13-10-7-6-9-12-16/h3-4,15H,5-14,16H2,1-2H3,(H,17,18). The van der Waals surface area contributed by atoms with Crippen LogP contribution >= 0.6 is 7.82 Å². The van der Waals surface area contributed by atoms with Crippen molar-refractivity contribution in [2.75, 3.05) is 19.8 Å². The van der Waals surface area contributed by atoms with E-state index in [1.807, 2.05) is 19.9 Å². The van der Waals surface area contributed by atoms with E-state index in [2.05, 4.69) is 6.08 Å². The zero-order chi connectivity index (χ0) is 16.0. The number of allylic oxidation sites excluding steroid dienone is 2. The molecule has 0 fully saturated rings. The number of nitrogens with two attached hydrogens (primary N) is 1. The fourth-order valence-corrected chi connectivity index (χ4v) is 2.75. The highest BCUT2D eigenvalue weighted by Crippen LogP contribution is 2.43. The Hall–Kier alpha value is -0.190. The van der Waals surface area contributed by atoms with Crippen LogP contribution in [0.1, 0.15) is 58.8 Å². The molecule has 2 atom stereocenters. The van der Waals surface area contributed by atoms with Gasteiger partial charge in [-0.15, -0.1) is 0 Å². The Bertz CT molecular complexity index is 310. The molecule has 0 saturated heterocycles. The second-order valence-electron chi connectivity index (χ2n) is 5.41. The number of hydrogen-bond donors (Lipinski definition) is 2. The highest BCUT2D eigenvalue weighted by molar-refractivity contribution is 7.47. The van der Waals surface area contributed by atoms with Gasteiger partial charge in [0, 0.05) is 0 Å². The first-order chi connectivity index (χ1) is 10.0. The minimum Gasteiger partial charge on any atom is -0.330 e. The van der Waals surface area contributed by atoms with Crippen molar-refractivity contribution in [2.45, 2.75) is 58.8 Å². The summed E-state index contributed by atoms with van der Waals surface area (Å²) < 4.78 is 21.6. The lowest BCUT2D eigenvalue weighted by atomic mass is 10.1. The van der Waals surface area contributed by atoms with E-state index in [0.717, 1.165) is 44.9 Å². The van der Waals surface area contributed by atoms with Crippen molar-refractivity contribution in [3.63, 3.8) is 0 Å². The van der Waals surface area contributed by atoms with Crippen LogP contribution in [0.3, 0.4) is 0 Å². The van der Waals surface area contributed by atoms with E-state index >= 15 is 0 Å². The Morgan fingerprint density at radius 3 is 2.57 bits per heavy atom. The normalized spacial score (nSPS) is 16.2. The van der Waals surface area contributed by atoms with Crippen LogP contribution in [0.25, 0.3) is 0 Å². The summed E-state index contributed by atoms with van der Waals surface area (Å²) in [6, 6.07) is 0. The maximum absolute atomic E-state index is 11.7. The molecule has 21 heavy (non-hydrogen) atoms. The van der Waals surface area contributed by atoms with Crippen LogP contribution in [-0.2, 0) is 13.6 Å². The van der Waals surface area contributed by atoms with E-state index in [0.29, 0.717) is 6.54 Å². The topological polar surface area (TPSA) is 81.8 Å². The summed E-state index contributed by atoms with van der Waals surface area (Å²) in [7, 11) is -3.89. The van der Waals surface area contributed by atoms with Gasteiger partial charge in [-0.1, -0.05) is 31.9 Å². The van der Waals surface area contributed by atoms with Crippen molar-refractivity contribution in [1.82, 2.24) is 0 Å². The van der Waals surface area contributed by atoms with Crippen molar-refractivity contribution in [3.8, 4) is 0 Å². The monoisotopic (exact) mass is 321 g/mol. The molecular formula is C15H32NO4P. The lowest BCUT2D eigenvalue weighted by molar-refractivity contribution is 0.130. The fourth-order valence-electron chi connectivity index (χ4n) is 1.87. The Balaban J connectivity index is 3.63. The summed E-state index contributed by atoms with van der Waals surface area (Å²) in [5.41, 5.74) is 5.39. The average Bonchev–Trinajstić information content (AvgIpc) is 2.45. The van der Waals surface area contributed by atoms with E-state index in [4.69, 9.17) is 14.8 Å². The molecule has 0 aliphatic carbocycles. The predicted octanol–water partition coefficient (Wildman–Crippen LogP) is 4.02. The van der Waals surface area contributed by atoms with Gasteiger partial charge < -0.3 is 10.6 Å². The van der Waals surface area contributed by atoms with Crippen molar-refractivity contribution in [1.29, 1.82) is 0 Å². The van der Waals surface area contributed by atoms with Crippen LogP contribution in [0.2, 0.25) is 0 Å². The van der Waals surface area contributed by atoms with Gasteiger partial charge in [0.05, 0.1) is 13.2 Å². The number of hydrogen-bond acceptors (Lipinski definition) is 4. The minimum absolute atomic E-state index is 0.254. The number of rotatable bonds is 14. The highest BCUT2D eigenvalue weighted by Gasteiger charge is 2.21.